The van der Waals surface area contributed by atoms with Crippen molar-refractivity contribution in [2.24, 2.45) is 5.92 Å². The summed E-state index contributed by atoms with van der Waals surface area (Å²) < 4.78 is 27.0. The highest BCUT2D eigenvalue weighted by Crippen LogP contribution is 2.27. The molecule has 0 radical (unpaired) electrons. The normalized spacial score (nSPS) is 19.0. The Morgan fingerprint density at radius 2 is 2.12 bits per heavy atom. The van der Waals surface area contributed by atoms with Gasteiger partial charge in [-0.2, -0.15) is 5.10 Å². The molecule has 0 N–H and O–H groups in total. The lowest BCUT2D eigenvalue weighted by molar-refractivity contribution is 0.460. The molecule has 2 aromatic rings. The Morgan fingerprint density at radius 1 is 1.29 bits per heavy atom. The van der Waals surface area contributed by atoms with Crippen molar-refractivity contribution in [2.45, 2.75) is 32.7 Å². The van der Waals surface area contributed by atoms with Crippen molar-refractivity contribution >= 4 is 10.0 Å². The lowest BCUT2D eigenvalue weighted by atomic mass is 9.96. The van der Waals surface area contributed by atoms with Crippen LogP contribution in [-0.2, 0) is 23.0 Å². The summed E-state index contributed by atoms with van der Waals surface area (Å²) in [7, 11) is -3.09. The van der Waals surface area contributed by atoms with Gasteiger partial charge in [-0.1, -0.05) is 13.0 Å². The molecule has 0 saturated carbocycles. The summed E-state index contributed by atoms with van der Waals surface area (Å²) in [6.07, 6.45) is 7.66. The summed E-state index contributed by atoms with van der Waals surface area (Å²) in [4.78, 5) is 4.58. The van der Waals surface area contributed by atoms with E-state index >= 15 is 0 Å². The molecular weight excluding hydrogens is 324 g/mol. The number of nitrogens with zero attached hydrogens (tertiary/aromatic N) is 4. The summed E-state index contributed by atoms with van der Waals surface area (Å²) in [5, 5.41) is 4.39. The molecule has 1 unspecified atom stereocenters. The molecule has 130 valence electrons. The average molecular weight is 348 g/mol. The van der Waals surface area contributed by atoms with Crippen molar-refractivity contribution in [3.05, 3.63) is 36.2 Å². The van der Waals surface area contributed by atoms with E-state index in [-0.39, 0.29) is 0 Å². The molecule has 6 nitrogen and oxygen atoms in total. The van der Waals surface area contributed by atoms with Crippen molar-refractivity contribution in [3.8, 4) is 11.4 Å². The topological polar surface area (TPSA) is 68.1 Å². The number of rotatable bonds is 6. The Balaban J connectivity index is 1.82. The highest BCUT2D eigenvalue weighted by Gasteiger charge is 2.29. The maximum absolute atomic E-state index is 11.7. The Labute approximate surface area is 143 Å². The lowest BCUT2D eigenvalue weighted by Gasteiger charge is -2.15. The number of pyridine rings is 1. The minimum atomic E-state index is -3.09. The molecule has 3 rings (SSSR count). The van der Waals surface area contributed by atoms with Crippen LogP contribution in [0.25, 0.3) is 11.4 Å². The Morgan fingerprint density at radius 3 is 2.83 bits per heavy atom. The molecule has 0 spiro atoms. The summed E-state index contributed by atoms with van der Waals surface area (Å²) in [6.45, 7) is 4.21. The van der Waals surface area contributed by atoms with Crippen LogP contribution in [0, 0.1) is 5.92 Å². The molecule has 1 saturated heterocycles. The first-order valence-corrected chi connectivity index (χ1v) is 10.2. The summed E-state index contributed by atoms with van der Waals surface area (Å²) >= 11 is 0. The molecule has 1 fully saturated rings. The summed E-state index contributed by atoms with van der Waals surface area (Å²) in [5.41, 5.74) is 3.15. The van der Waals surface area contributed by atoms with E-state index in [0.717, 1.165) is 42.8 Å². The van der Waals surface area contributed by atoms with Crippen LogP contribution in [0.2, 0.25) is 0 Å². The van der Waals surface area contributed by atoms with Gasteiger partial charge < -0.3 is 0 Å². The second-order valence-electron chi connectivity index (χ2n) is 6.43. The van der Waals surface area contributed by atoms with Crippen molar-refractivity contribution in [1.82, 2.24) is 19.1 Å². The van der Waals surface area contributed by atoms with Crippen LogP contribution in [0.3, 0.4) is 0 Å². The van der Waals surface area contributed by atoms with Crippen molar-refractivity contribution in [2.75, 3.05) is 19.3 Å². The number of sulfonamides is 1. The zero-order chi connectivity index (χ0) is 17.2. The molecule has 1 aliphatic heterocycles. The summed E-state index contributed by atoms with van der Waals surface area (Å²) in [6, 6.07) is 6.04. The fourth-order valence-corrected chi connectivity index (χ4v) is 4.25. The van der Waals surface area contributed by atoms with Crippen LogP contribution in [0.1, 0.15) is 25.3 Å². The van der Waals surface area contributed by atoms with E-state index in [1.807, 2.05) is 23.0 Å². The highest BCUT2D eigenvalue weighted by atomic mass is 32.2. The van der Waals surface area contributed by atoms with Gasteiger partial charge in [0.1, 0.15) is 0 Å². The van der Waals surface area contributed by atoms with Crippen LogP contribution in [0.4, 0.5) is 0 Å². The fraction of sp³-hybridized carbons (Fsp3) is 0.529. The first-order valence-electron chi connectivity index (χ1n) is 8.40. The zero-order valence-corrected chi connectivity index (χ0v) is 15.0. The largest absolute Gasteiger partial charge is 0.263 e. The molecular formula is C17H24N4O2S. The number of hydrogen-bond acceptors (Lipinski definition) is 4. The van der Waals surface area contributed by atoms with E-state index in [1.165, 1.54) is 6.26 Å². The minimum absolute atomic E-state index is 0.338. The van der Waals surface area contributed by atoms with Gasteiger partial charge in [0.15, 0.2) is 0 Å². The van der Waals surface area contributed by atoms with Crippen LogP contribution < -0.4 is 0 Å². The third-order valence-corrected chi connectivity index (χ3v) is 5.78. The van der Waals surface area contributed by atoms with Crippen molar-refractivity contribution < 1.29 is 8.42 Å². The van der Waals surface area contributed by atoms with Gasteiger partial charge in [0.05, 0.1) is 17.6 Å². The van der Waals surface area contributed by atoms with Crippen LogP contribution in [0.5, 0.6) is 0 Å². The predicted molar refractivity (Wildman–Crippen MR) is 94.0 cm³/mol. The van der Waals surface area contributed by atoms with E-state index in [1.54, 1.807) is 10.5 Å². The molecule has 0 amide bonds. The van der Waals surface area contributed by atoms with Gasteiger partial charge in [-0.25, -0.2) is 12.7 Å². The second kappa shape index (κ2) is 7.03. The molecule has 1 aliphatic rings. The van der Waals surface area contributed by atoms with Gasteiger partial charge in [-0.15, -0.1) is 0 Å². The van der Waals surface area contributed by atoms with Gasteiger partial charge in [0.2, 0.25) is 10.0 Å². The quantitative estimate of drug-likeness (QED) is 0.802. The third kappa shape index (κ3) is 3.67. The molecule has 0 bridgehead atoms. The van der Waals surface area contributed by atoms with E-state index in [0.29, 0.717) is 19.0 Å². The fourth-order valence-electron chi connectivity index (χ4n) is 3.33. The van der Waals surface area contributed by atoms with Crippen LogP contribution in [0.15, 0.2) is 30.6 Å². The number of aromatic nitrogens is 3. The van der Waals surface area contributed by atoms with Crippen LogP contribution in [-0.4, -0.2) is 46.8 Å². The molecule has 0 aliphatic carbocycles. The standard InChI is InChI=1S/C17H24N4O2S/c1-3-10-21-16(6-9-19-21)17-15(5-4-8-18-17)12-14-7-11-20(13-14)24(2,22)23/h4-6,8-9,14H,3,7,10-13H2,1-2H3. The van der Waals surface area contributed by atoms with E-state index in [2.05, 4.69) is 23.1 Å². The first-order chi connectivity index (χ1) is 11.5. The van der Waals surface area contributed by atoms with Gasteiger partial charge in [-0.3, -0.25) is 9.67 Å². The van der Waals surface area contributed by atoms with Crippen molar-refractivity contribution in [3.63, 3.8) is 0 Å². The smallest absolute Gasteiger partial charge is 0.211 e. The molecule has 3 heterocycles. The predicted octanol–water partition coefficient (Wildman–Crippen LogP) is 2.18. The van der Waals surface area contributed by atoms with Gasteiger partial charge >= 0.3 is 0 Å². The van der Waals surface area contributed by atoms with E-state index in [9.17, 15) is 8.42 Å². The van der Waals surface area contributed by atoms with E-state index in [4.69, 9.17) is 0 Å². The molecule has 2 aromatic heterocycles. The van der Waals surface area contributed by atoms with Gasteiger partial charge in [-0.05, 0) is 42.9 Å². The Hall–Kier alpha value is -1.73. The number of aryl methyl sites for hydroxylation is 1. The van der Waals surface area contributed by atoms with Gasteiger partial charge in [0.25, 0.3) is 0 Å². The third-order valence-electron chi connectivity index (χ3n) is 4.51. The molecule has 0 aromatic carbocycles. The van der Waals surface area contributed by atoms with E-state index < -0.39 is 10.0 Å². The molecule has 1 atom stereocenters. The monoisotopic (exact) mass is 348 g/mol. The van der Waals surface area contributed by atoms with Gasteiger partial charge in [0, 0.05) is 32.0 Å². The SMILES string of the molecule is CCCn1nccc1-c1ncccc1CC1CCN(S(C)(=O)=O)C1. The first kappa shape index (κ1) is 17.1. The zero-order valence-electron chi connectivity index (χ0n) is 14.2. The lowest BCUT2D eigenvalue weighted by Crippen LogP contribution is -2.27. The van der Waals surface area contributed by atoms with Crippen molar-refractivity contribution in [1.29, 1.82) is 0 Å². The van der Waals surface area contributed by atoms with Crippen LogP contribution >= 0.6 is 0 Å². The molecule has 24 heavy (non-hydrogen) atoms. The second-order valence-corrected chi connectivity index (χ2v) is 8.41. The average Bonchev–Trinajstić information content (AvgIpc) is 3.17. The maximum Gasteiger partial charge on any atom is 0.211 e. The highest BCUT2D eigenvalue weighted by molar-refractivity contribution is 7.88. The maximum atomic E-state index is 11.7. The number of hydrogen-bond donors (Lipinski definition) is 0. The minimum Gasteiger partial charge on any atom is -0.263 e. The Bertz CT molecular complexity index is 800. The Kier molecular flexibility index (Phi) is 5.01. The molecule has 7 heteroatoms. The summed E-state index contributed by atoms with van der Waals surface area (Å²) in [5.74, 6) is 0.338.